The normalized spacial score (nSPS) is 14.9. The Hall–Kier alpha value is -2.64. The first-order valence-electron chi connectivity index (χ1n) is 6.46. The molecular weight excluding hydrogens is 278 g/mol. The molecule has 21 heavy (non-hydrogen) atoms. The van der Waals surface area contributed by atoms with Gasteiger partial charge in [0.25, 0.3) is 5.69 Å². The van der Waals surface area contributed by atoms with E-state index in [0.29, 0.717) is 26.2 Å². The average molecular weight is 293 g/mol. The van der Waals surface area contributed by atoms with E-state index in [1.165, 1.54) is 17.0 Å². The molecule has 2 rings (SSSR count). The number of anilines is 1. The minimum absolute atomic E-state index is 0.0361. The molecule has 0 radical (unpaired) electrons. The molecule has 1 saturated heterocycles. The van der Waals surface area contributed by atoms with Crippen molar-refractivity contribution in [3.05, 3.63) is 34.4 Å². The second kappa shape index (κ2) is 6.21. The Morgan fingerprint density at radius 3 is 2.19 bits per heavy atom. The predicted molar refractivity (Wildman–Crippen MR) is 74.1 cm³/mol. The number of hydrogen-bond donors (Lipinski definition) is 1. The SMILES string of the molecule is O=C(O)CC(=O)N1CCN(c2ccc([N+](=O)[O-])cc2)CC1. The van der Waals surface area contributed by atoms with Crippen molar-refractivity contribution < 1.29 is 19.6 Å². The van der Waals surface area contributed by atoms with Crippen LogP contribution in [0.25, 0.3) is 0 Å². The van der Waals surface area contributed by atoms with Gasteiger partial charge in [-0.2, -0.15) is 0 Å². The van der Waals surface area contributed by atoms with E-state index in [9.17, 15) is 19.7 Å². The first kappa shape index (κ1) is 14.8. The lowest BCUT2D eigenvalue weighted by atomic mass is 10.2. The highest BCUT2D eigenvalue weighted by Crippen LogP contribution is 2.20. The van der Waals surface area contributed by atoms with Crippen LogP contribution in [0.3, 0.4) is 0 Å². The molecule has 0 aromatic heterocycles. The molecule has 1 aliphatic rings. The Labute approximate surface area is 120 Å². The third-order valence-corrected chi connectivity index (χ3v) is 3.36. The van der Waals surface area contributed by atoms with Gasteiger partial charge in [0.15, 0.2) is 0 Å². The summed E-state index contributed by atoms with van der Waals surface area (Å²) in [5.74, 6) is -1.51. The fourth-order valence-electron chi connectivity index (χ4n) is 2.24. The van der Waals surface area contributed by atoms with Crippen molar-refractivity contribution in [1.82, 2.24) is 4.90 Å². The standard InChI is InChI=1S/C13H15N3O5/c17-12(9-13(18)19)15-7-5-14(6-8-15)10-1-3-11(4-2-10)16(20)21/h1-4H,5-9H2,(H,18,19). The number of carboxylic acid groups (broad SMARTS) is 1. The number of carbonyl (C=O) groups excluding carboxylic acids is 1. The van der Waals surface area contributed by atoms with E-state index >= 15 is 0 Å². The second-order valence-electron chi connectivity index (χ2n) is 4.71. The van der Waals surface area contributed by atoms with Gasteiger partial charge in [-0.1, -0.05) is 0 Å². The molecule has 0 bridgehead atoms. The van der Waals surface area contributed by atoms with E-state index in [-0.39, 0.29) is 11.6 Å². The summed E-state index contributed by atoms with van der Waals surface area (Å²) < 4.78 is 0. The second-order valence-corrected chi connectivity index (χ2v) is 4.71. The van der Waals surface area contributed by atoms with Gasteiger partial charge in [-0.25, -0.2) is 0 Å². The fraction of sp³-hybridized carbons (Fsp3) is 0.385. The maximum Gasteiger partial charge on any atom is 0.312 e. The number of nitro benzene ring substituents is 1. The van der Waals surface area contributed by atoms with Gasteiger partial charge < -0.3 is 14.9 Å². The smallest absolute Gasteiger partial charge is 0.312 e. The number of nitrogens with zero attached hydrogens (tertiary/aromatic N) is 3. The Bertz CT molecular complexity index is 549. The Morgan fingerprint density at radius 2 is 1.71 bits per heavy atom. The van der Waals surface area contributed by atoms with Gasteiger partial charge in [0, 0.05) is 44.0 Å². The average Bonchev–Trinajstić information content (AvgIpc) is 2.47. The maximum atomic E-state index is 11.6. The van der Waals surface area contributed by atoms with Crippen LogP contribution in [0.2, 0.25) is 0 Å². The molecule has 1 N–H and O–H groups in total. The highest BCUT2D eigenvalue weighted by atomic mass is 16.6. The zero-order valence-corrected chi connectivity index (χ0v) is 11.3. The van der Waals surface area contributed by atoms with Crippen molar-refractivity contribution in [2.75, 3.05) is 31.1 Å². The van der Waals surface area contributed by atoms with Gasteiger partial charge in [-0.3, -0.25) is 19.7 Å². The van der Waals surface area contributed by atoms with Gasteiger partial charge in [0.1, 0.15) is 6.42 Å². The van der Waals surface area contributed by atoms with Crippen LogP contribution >= 0.6 is 0 Å². The summed E-state index contributed by atoms with van der Waals surface area (Å²) >= 11 is 0. The summed E-state index contributed by atoms with van der Waals surface area (Å²) in [6.07, 6.45) is -0.489. The number of benzene rings is 1. The van der Waals surface area contributed by atoms with E-state index in [1.807, 2.05) is 4.90 Å². The Balaban J connectivity index is 1.93. The van der Waals surface area contributed by atoms with E-state index < -0.39 is 17.3 Å². The molecule has 1 amide bonds. The van der Waals surface area contributed by atoms with Crippen LogP contribution in [0, 0.1) is 10.1 Å². The topological polar surface area (TPSA) is 104 Å². The molecule has 8 nitrogen and oxygen atoms in total. The van der Waals surface area contributed by atoms with E-state index in [1.54, 1.807) is 12.1 Å². The van der Waals surface area contributed by atoms with Crippen molar-refractivity contribution in [1.29, 1.82) is 0 Å². The molecular formula is C13H15N3O5. The first-order chi connectivity index (χ1) is 9.97. The van der Waals surface area contributed by atoms with E-state index in [0.717, 1.165) is 5.69 Å². The van der Waals surface area contributed by atoms with Crippen LogP contribution in [-0.4, -0.2) is 53.0 Å². The summed E-state index contributed by atoms with van der Waals surface area (Å²) in [7, 11) is 0. The van der Waals surface area contributed by atoms with Crippen LogP contribution in [0.5, 0.6) is 0 Å². The van der Waals surface area contributed by atoms with Gasteiger partial charge >= 0.3 is 5.97 Å². The highest BCUT2D eigenvalue weighted by molar-refractivity contribution is 5.93. The minimum Gasteiger partial charge on any atom is -0.481 e. The fourth-order valence-corrected chi connectivity index (χ4v) is 2.24. The molecule has 0 spiro atoms. The Kier molecular flexibility index (Phi) is 4.36. The third-order valence-electron chi connectivity index (χ3n) is 3.36. The predicted octanol–water partition coefficient (Wildman–Crippen LogP) is 0.718. The molecule has 1 heterocycles. The van der Waals surface area contributed by atoms with Crippen LogP contribution < -0.4 is 4.90 Å². The molecule has 1 aliphatic heterocycles. The molecule has 1 fully saturated rings. The van der Waals surface area contributed by atoms with Crippen molar-refractivity contribution in [2.45, 2.75) is 6.42 Å². The molecule has 112 valence electrons. The highest BCUT2D eigenvalue weighted by Gasteiger charge is 2.22. The van der Waals surface area contributed by atoms with Gasteiger partial charge in [-0.05, 0) is 12.1 Å². The lowest BCUT2D eigenvalue weighted by molar-refractivity contribution is -0.384. The molecule has 0 unspecified atom stereocenters. The summed E-state index contributed by atoms with van der Waals surface area (Å²) in [5.41, 5.74) is 0.889. The van der Waals surface area contributed by atoms with E-state index in [2.05, 4.69) is 0 Å². The number of hydrogen-bond acceptors (Lipinski definition) is 5. The molecule has 0 saturated carbocycles. The maximum absolute atomic E-state index is 11.6. The van der Waals surface area contributed by atoms with Crippen molar-refractivity contribution in [2.24, 2.45) is 0 Å². The van der Waals surface area contributed by atoms with Crippen LogP contribution in [-0.2, 0) is 9.59 Å². The lowest BCUT2D eigenvalue weighted by Gasteiger charge is -2.35. The summed E-state index contributed by atoms with van der Waals surface area (Å²) in [6, 6.07) is 6.23. The number of carboxylic acids is 1. The first-order valence-corrected chi connectivity index (χ1v) is 6.46. The number of piperazine rings is 1. The molecule has 1 aromatic carbocycles. The quantitative estimate of drug-likeness (QED) is 0.498. The van der Waals surface area contributed by atoms with Gasteiger partial charge in [0.05, 0.1) is 4.92 Å². The number of carbonyl (C=O) groups is 2. The number of aliphatic carboxylic acids is 1. The molecule has 1 aromatic rings. The molecule has 0 aliphatic carbocycles. The van der Waals surface area contributed by atoms with Crippen LogP contribution in [0.15, 0.2) is 24.3 Å². The number of amides is 1. The van der Waals surface area contributed by atoms with Crippen LogP contribution in [0.1, 0.15) is 6.42 Å². The Morgan fingerprint density at radius 1 is 1.14 bits per heavy atom. The third kappa shape index (κ3) is 3.68. The zero-order valence-electron chi connectivity index (χ0n) is 11.3. The van der Waals surface area contributed by atoms with Crippen molar-refractivity contribution >= 4 is 23.3 Å². The van der Waals surface area contributed by atoms with E-state index in [4.69, 9.17) is 5.11 Å². The summed E-state index contributed by atoms with van der Waals surface area (Å²) in [6.45, 7) is 2.04. The number of rotatable bonds is 4. The minimum atomic E-state index is -1.13. The zero-order chi connectivity index (χ0) is 15.4. The number of non-ortho nitro benzene ring substituents is 1. The summed E-state index contributed by atoms with van der Waals surface area (Å²) in [4.78, 5) is 35.8. The van der Waals surface area contributed by atoms with Crippen LogP contribution in [0.4, 0.5) is 11.4 Å². The van der Waals surface area contributed by atoms with Gasteiger partial charge in [0.2, 0.25) is 5.91 Å². The number of nitro groups is 1. The molecule has 0 atom stereocenters. The lowest BCUT2D eigenvalue weighted by Crippen LogP contribution is -2.49. The van der Waals surface area contributed by atoms with Crippen molar-refractivity contribution in [3.8, 4) is 0 Å². The van der Waals surface area contributed by atoms with Gasteiger partial charge in [-0.15, -0.1) is 0 Å². The monoisotopic (exact) mass is 293 g/mol. The largest absolute Gasteiger partial charge is 0.481 e. The van der Waals surface area contributed by atoms with Crippen molar-refractivity contribution in [3.63, 3.8) is 0 Å². The summed E-state index contributed by atoms with van der Waals surface area (Å²) in [5, 5.41) is 19.2. The molecule has 8 heteroatoms.